The Morgan fingerprint density at radius 3 is 2.62 bits per heavy atom. The van der Waals surface area contributed by atoms with Gasteiger partial charge in [-0.05, 0) is 40.4 Å². The third kappa shape index (κ3) is 3.15. The number of hydrogen-bond acceptors (Lipinski definition) is 3. The van der Waals surface area contributed by atoms with Crippen LogP contribution in [-0.2, 0) is 4.74 Å². The number of rotatable bonds is 2. The molecule has 1 N–H and O–H groups in total. The summed E-state index contributed by atoms with van der Waals surface area (Å²) in [7, 11) is 0. The molecular formula is C10H21NOS. The van der Waals surface area contributed by atoms with Gasteiger partial charge in [-0.25, -0.2) is 0 Å². The van der Waals surface area contributed by atoms with E-state index in [1.165, 1.54) is 0 Å². The molecule has 0 aromatic carbocycles. The molecule has 1 aliphatic heterocycles. The zero-order chi connectivity index (χ0) is 10.1. The number of hydrogen-bond donors (Lipinski definition) is 1. The summed E-state index contributed by atoms with van der Waals surface area (Å²) in [4.78, 5) is 0. The van der Waals surface area contributed by atoms with Crippen LogP contribution in [0, 0.1) is 0 Å². The van der Waals surface area contributed by atoms with E-state index in [1.807, 2.05) is 11.8 Å². The van der Waals surface area contributed by atoms with Gasteiger partial charge in [-0.3, -0.25) is 5.32 Å². The Balaban J connectivity index is 2.57. The summed E-state index contributed by atoms with van der Waals surface area (Å²) in [5, 5.41) is 4.05. The fourth-order valence-electron chi connectivity index (χ4n) is 1.85. The summed E-state index contributed by atoms with van der Waals surface area (Å²) in [6.07, 6.45) is 3.79. The van der Waals surface area contributed by atoms with E-state index < -0.39 is 0 Å². The van der Waals surface area contributed by atoms with Crippen molar-refractivity contribution in [3.63, 3.8) is 0 Å². The van der Waals surface area contributed by atoms with Gasteiger partial charge in [0.25, 0.3) is 0 Å². The Morgan fingerprint density at radius 2 is 2.15 bits per heavy atom. The summed E-state index contributed by atoms with van der Waals surface area (Å²) in [6, 6.07) is 0. The van der Waals surface area contributed by atoms with Crippen LogP contribution in [0.1, 0.15) is 34.1 Å². The van der Waals surface area contributed by atoms with Gasteiger partial charge in [0.05, 0.1) is 6.10 Å². The van der Waals surface area contributed by atoms with Crippen molar-refractivity contribution in [2.75, 3.05) is 6.26 Å². The molecule has 1 rings (SSSR count). The lowest BCUT2D eigenvalue weighted by atomic mass is 9.95. The van der Waals surface area contributed by atoms with Gasteiger partial charge < -0.3 is 4.74 Å². The summed E-state index contributed by atoms with van der Waals surface area (Å²) in [6.45, 7) is 8.84. The highest BCUT2D eigenvalue weighted by Gasteiger charge is 2.33. The predicted octanol–water partition coefficient (Wildman–Crippen LogP) is 2.24. The number of nitrogens with one attached hydrogen (secondary N) is 1. The fourth-order valence-corrected chi connectivity index (χ4v) is 2.23. The predicted molar refractivity (Wildman–Crippen MR) is 59.1 cm³/mol. The molecule has 13 heavy (non-hydrogen) atoms. The first kappa shape index (κ1) is 11.3. The highest BCUT2D eigenvalue weighted by molar-refractivity contribution is 7.99. The first-order valence-corrected chi connectivity index (χ1v) is 6.19. The van der Waals surface area contributed by atoms with Gasteiger partial charge in [0.2, 0.25) is 0 Å². The molecular weight excluding hydrogens is 182 g/mol. The monoisotopic (exact) mass is 203 g/mol. The van der Waals surface area contributed by atoms with Crippen molar-refractivity contribution in [1.29, 1.82) is 0 Å². The standard InChI is InChI=1S/C10H21NOS/c1-7-6-10(3,4)11-9(12-7)8(2)13-5/h7-9,11H,6H2,1-5H3. The molecule has 3 heteroatoms. The average molecular weight is 203 g/mol. The van der Waals surface area contributed by atoms with E-state index in [-0.39, 0.29) is 11.8 Å². The molecule has 78 valence electrons. The summed E-state index contributed by atoms with van der Waals surface area (Å²) in [5.41, 5.74) is 0.215. The third-order valence-corrected chi connectivity index (χ3v) is 3.50. The molecule has 0 aliphatic carbocycles. The molecule has 1 saturated heterocycles. The smallest absolute Gasteiger partial charge is 0.120 e. The minimum Gasteiger partial charge on any atom is -0.359 e. The maximum absolute atomic E-state index is 5.84. The Labute approximate surface area is 85.8 Å². The molecule has 1 aliphatic rings. The Hall–Kier alpha value is 0.270. The van der Waals surface area contributed by atoms with Gasteiger partial charge in [-0.1, -0.05) is 0 Å². The van der Waals surface area contributed by atoms with Crippen molar-refractivity contribution >= 4 is 11.8 Å². The first-order chi connectivity index (χ1) is 5.94. The molecule has 0 aromatic rings. The Bertz CT molecular complexity index is 172. The number of thioether (sulfide) groups is 1. The molecule has 0 spiro atoms. The number of ether oxygens (including phenoxy) is 1. The van der Waals surface area contributed by atoms with E-state index in [9.17, 15) is 0 Å². The lowest BCUT2D eigenvalue weighted by Gasteiger charge is -2.42. The molecule has 2 nitrogen and oxygen atoms in total. The van der Waals surface area contributed by atoms with Crippen molar-refractivity contribution < 1.29 is 4.74 Å². The summed E-state index contributed by atoms with van der Waals surface area (Å²) < 4.78 is 5.84. The van der Waals surface area contributed by atoms with Crippen LogP contribution in [0.25, 0.3) is 0 Å². The summed E-state index contributed by atoms with van der Waals surface area (Å²) >= 11 is 1.85. The maximum atomic E-state index is 5.84. The van der Waals surface area contributed by atoms with Crippen LogP contribution in [0.3, 0.4) is 0 Å². The maximum Gasteiger partial charge on any atom is 0.120 e. The second kappa shape index (κ2) is 4.20. The van der Waals surface area contributed by atoms with Gasteiger partial charge in [-0.15, -0.1) is 0 Å². The fraction of sp³-hybridized carbons (Fsp3) is 1.00. The van der Waals surface area contributed by atoms with Crippen molar-refractivity contribution in [1.82, 2.24) is 5.32 Å². The molecule has 1 heterocycles. The van der Waals surface area contributed by atoms with Crippen molar-refractivity contribution in [2.45, 2.75) is 57.2 Å². The second-order valence-corrected chi connectivity index (χ2v) is 5.76. The Kier molecular flexibility index (Phi) is 3.66. The van der Waals surface area contributed by atoms with E-state index in [0.29, 0.717) is 11.4 Å². The van der Waals surface area contributed by atoms with Crippen LogP contribution >= 0.6 is 11.8 Å². The molecule has 0 saturated carbocycles. The van der Waals surface area contributed by atoms with Crippen LogP contribution in [0.5, 0.6) is 0 Å². The molecule has 3 atom stereocenters. The highest BCUT2D eigenvalue weighted by Crippen LogP contribution is 2.25. The normalized spacial score (nSPS) is 35.8. The van der Waals surface area contributed by atoms with Crippen LogP contribution in [-0.4, -0.2) is 29.4 Å². The van der Waals surface area contributed by atoms with E-state index in [0.717, 1.165) is 6.42 Å². The largest absolute Gasteiger partial charge is 0.359 e. The zero-order valence-electron chi connectivity index (χ0n) is 9.26. The lowest BCUT2D eigenvalue weighted by molar-refractivity contribution is -0.0851. The minimum absolute atomic E-state index is 0.203. The van der Waals surface area contributed by atoms with E-state index in [4.69, 9.17) is 4.74 Å². The average Bonchev–Trinajstić information content (AvgIpc) is 1.99. The second-order valence-electron chi connectivity index (χ2n) is 4.54. The van der Waals surface area contributed by atoms with Gasteiger partial charge in [-0.2, -0.15) is 11.8 Å². The van der Waals surface area contributed by atoms with E-state index in [1.54, 1.807) is 0 Å². The minimum atomic E-state index is 0.203. The van der Waals surface area contributed by atoms with Gasteiger partial charge in [0.15, 0.2) is 0 Å². The molecule has 0 radical (unpaired) electrons. The third-order valence-electron chi connectivity index (χ3n) is 2.51. The summed E-state index contributed by atoms with van der Waals surface area (Å²) in [5.74, 6) is 0. The zero-order valence-corrected chi connectivity index (χ0v) is 10.1. The van der Waals surface area contributed by atoms with Crippen LogP contribution in [0.4, 0.5) is 0 Å². The van der Waals surface area contributed by atoms with Crippen LogP contribution < -0.4 is 5.32 Å². The highest BCUT2D eigenvalue weighted by atomic mass is 32.2. The van der Waals surface area contributed by atoms with Crippen LogP contribution in [0.2, 0.25) is 0 Å². The van der Waals surface area contributed by atoms with Gasteiger partial charge in [0.1, 0.15) is 6.23 Å². The van der Waals surface area contributed by atoms with Crippen LogP contribution in [0.15, 0.2) is 0 Å². The molecule has 3 unspecified atom stereocenters. The van der Waals surface area contributed by atoms with Crippen molar-refractivity contribution in [3.8, 4) is 0 Å². The molecule has 1 fully saturated rings. The van der Waals surface area contributed by atoms with Gasteiger partial charge in [0, 0.05) is 10.8 Å². The van der Waals surface area contributed by atoms with Crippen molar-refractivity contribution in [3.05, 3.63) is 0 Å². The molecule has 0 aromatic heterocycles. The topological polar surface area (TPSA) is 21.3 Å². The molecule has 0 amide bonds. The van der Waals surface area contributed by atoms with E-state index in [2.05, 4.69) is 39.3 Å². The first-order valence-electron chi connectivity index (χ1n) is 4.90. The van der Waals surface area contributed by atoms with E-state index >= 15 is 0 Å². The SMILES string of the molecule is CSC(C)C1NC(C)(C)CC(C)O1. The Morgan fingerprint density at radius 1 is 1.54 bits per heavy atom. The quantitative estimate of drug-likeness (QED) is 0.743. The lowest BCUT2D eigenvalue weighted by Crippen LogP contribution is -2.57. The van der Waals surface area contributed by atoms with Gasteiger partial charge >= 0.3 is 0 Å². The van der Waals surface area contributed by atoms with Crippen molar-refractivity contribution in [2.24, 2.45) is 0 Å². The molecule has 0 bridgehead atoms.